The number of epoxide rings is 1. The van der Waals surface area contributed by atoms with E-state index in [1.807, 2.05) is 32.0 Å². The zero-order valence-corrected chi connectivity index (χ0v) is 18.4. The van der Waals surface area contributed by atoms with Gasteiger partial charge in [-0.1, -0.05) is 12.1 Å². The lowest BCUT2D eigenvalue weighted by Crippen LogP contribution is -2.14. The summed E-state index contributed by atoms with van der Waals surface area (Å²) in [4.78, 5) is 13.2. The molecule has 0 radical (unpaired) electrons. The Morgan fingerprint density at radius 1 is 0.839 bits per heavy atom. The second kappa shape index (κ2) is 10.6. The number of benzene rings is 2. The van der Waals surface area contributed by atoms with Crippen LogP contribution in [-0.2, 0) is 18.9 Å². The average molecular weight is 432 g/mol. The Kier molecular flexibility index (Phi) is 7.86. The first-order chi connectivity index (χ1) is 15.0. The number of ether oxygens (including phenoxy) is 7. The van der Waals surface area contributed by atoms with E-state index < -0.39 is 6.10 Å². The van der Waals surface area contributed by atoms with Crippen molar-refractivity contribution in [3.63, 3.8) is 0 Å². The van der Waals surface area contributed by atoms with E-state index in [2.05, 4.69) is 0 Å². The molecule has 0 saturated carbocycles. The molecule has 31 heavy (non-hydrogen) atoms. The molecule has 0 N–H and O–H groups in total. The van der Waals surface area contributed by atoms with Crippen molar-refractivity contribution in [2.75, 3.05) is 41.7 Å². The second-order valence-electron chi connectivity index (χ2n) is 7.16. The van der Waals surface area contributed by atoms with Gasteiger partial charge in [0.15, 0.2) is 43.8 Å². The summed E-state index contributed by atoms with van der Waals surface area (Å²) >= 11 is 0. The quantitative estimate of drug-likeness (QED) is 0.286. The zero-order chi connectivity index (χ0) is 22.4. The molecule has 3 rings (SSSR count). The van der Waals surface area contributed by atoms with Crippen molar-refractivity contribution in [2.24, 2.45) is 0 Å². The normalized spacial score (nSPS) is 17.3. The maximum atomic E-state index is 13.2. The lowest BCUT2D eigenvalue weighted by Gasteiger charge is -2.14. The van der Waals surface area contributed by atoms with Crippen LogP contribution in [0.4, 0.5) is 0 Å². The van der Waals surface area contributed by atoms with E-state index in [-0.39, 0.29) is 32.3 Å². The number of hydrogen-bond donors (Lipinski definition) is 0. The third kappa shape index (κ3) is 5.54. The highest BCUT2D eigenvalue weighted by molar-refractivity contribution is 6.05. The van der Waals surface area contributed by atoms with Crippen molar-refractivity contribution in [3.05, 3.63) is 52.6 Å². The van der Waals surface area contributed by atoms with E-state index >= 15 is 0 Å². The fraction of sp³-hybridized carbons (Fsp3) is 0.435. The number of ketones is 1. The van der Waals surface area contributed by atoms with Gasteiger partial charge in [0.25, 0.3) is 0 Å². The van der Waals surface area contributed by atoms with Crippen molar-refractivity contribution in [1.82, 2.24) is 0 Å². The Morgan fingerprint density at radius 2 is 1.45 bits per heavy atom. The molecule has 2 aromatic rings. The van der Waals surface area contributed by atoms with Crippen molar-refractivity contribution >= 4 is 5.78 Å². The summed E-state index contributed by atoms with van der Waals surface area (Å²) in [6.45, 7) is 4.04. The Morgan fingerprint density at radius 3 is 2.10 bits per heavy atom. The van der Waals surface area contributed by atoms with Gasteiger partial charge in [-0.05, 0) is 48.7 Å². The van der Waals surface area contributed by atoms with Gasteiger partial charge in [-0.15, -0.1) is 0 Å². The highest BCUT2D eigenvalue weighted by Gasteiger charge is 2.47. The molecule has 2 aromatic carbocycles. The molecule has 0 amide bonds. The van der Waals surface area contributed by atoms with Crippen LogP contribution in [0, 0.1) is 13.8 Å². The standard InChI is InChI=1S/C23H28O8/c1-14-8-15(2)20(19(9-14)30-13-27-5)21(24)23-22(31-23)16-6-7-17(28-11-25-3)18(10-16)29-12-26-4/h6-10,22-23H,11-13H2,1-5H3. The van der Waals surface area contributed by atoms with Gasteiger partial charge in [0, 0.05) is 21.3 Å². The SMILES string of the molecule is COCOc1ccc(C2OC2C(=O)c2c(C)cc(C)cc2OCOC)cc1OCOC. The molecular weight excluding hydrogens is 404 g/mol. The monoisotopic (exact) mass is 432 g/mol. The number of rotatable bonds is 12. The summed E-state index contributed by atoms with van der Waals surface area (Å²) in [5, 5.41) is 0. The molecule has 2 atom stereocenters. The van der Waals surface area contributed by atoms with Gasteiger partial charge in [0.2, 0.25) is 0 Å². The topological polar surface area (TPSA) is 85.0 Å². The molecule has 2 unspecified atom stereocenters. The van der Waals surface area contributed by atoms with Crippen molar-refractivity contribution in [2.45, 2.75) is 26.1 Å². The minimum atomic E-state index is -0.604. The second-order valence-corrected chi connectivity index (χ2v) is 7.16. The maximum absolute atomic E-state index is 13.2. The van der Waals surface area contributed by atoms with Crippen LogP contribution < -0.4 is 14.2 Å². The predicted octanol–water partition coefficient (Wildman–Crippen LogP) is 3.57. The summed E-state index contributed by atoms with van der Waals surface area (Å²) < 4.78 is 37.5. The molecule has 1 heterocycles. The molecule has 8 heteroatoms. The van der Waals surface area contributed by atoms with Gasteiger partial charge in [0.1, 0.15) is 11.9 Å². The number of Topliss-reactive ketones (excluding diaryl/α,β-unsaturated/α-hetero) is 1. The largest absolute Gasteiger partial charge is 0.467 e. The van der Waals surface area contributed by atoms with E-state index in [4.69, 9.17) is 33.2 Å². The van der Waals surface area contributed by atoms with Crippen LogP contribution in [0.25, 0.3) is 0 Å². The third-order valence-electron chi connectivity index (χ3n) is 4.73. The van der Waals surface area contributed by atoms with Crippen LogP contribution >= 0.6 is 0 Å². The Labute approximate surface area is 181 Å². The van der Waals surface area contributed by atoms with Gasteiger partial charge in [-0.2, -0.15) is 0 Å². The van der Waals surface area contributed by atoms with Crippen LogP contribution in [0.2, 0.25) is 0 Å². The summed E-state index contributed by atoms with van der Waals surface area (Å²) in [7, 11) is 4.61. The number of carbonyl (C=O) groups is 1. The number of methoxy groups -OCH3 is 3. The summed E-state index contributed by atoms with van der Waals surface area (Å²) in [5.41, 5.74) is 3.14. The van der Waals surface area contributed by atoms with Gasteiger partial charge in [-0.25, -0.2) is 0 Å². The lowest BCUT2D eigenvalue weighted by molar-refractivity contribution is 0.0322. The molecule has 1 aliphatic heterocycles. The molecule has 0 bridgehead atoms. The first-order valence-electron chi connectivity index (χ1n) is 9.80. The van der Waals surface area contributed by atoms with Crippen molar-refractivity contribution in [3.8, 4) is 17.2 Å². The molecule has 0 spiro atoms. The highest BCUT2D eigenvalue weighted by atomic mass is 16.7. The van der Waals surface area contributed by atoms with E-state index in [1.165, 1.54) is 21.3 Å². The van der Waals surface area contributed by atoms with Crippen LogP contribution in [0.5, 0.6) is 17.2 Å². The summed E-state index contributed by atoms with van der Waals surface area (Å²) in [6, 6.07) is 9.16. The predicted molar refractivity (Wildman–Crippen MR) is 112 cm³/mol. The van der Waals surface area contributed by atoms with Gasteiger partial charge in [0.05, 0.1) is 5.56 Å². The van der Waals surface area contributed by atoms with Crippen LogP contribution in [0.15, 0.2) is 30.3 Å². The molecule has 0 aromatic heterocycles. The number of hydrogen-bond acceptors (Lipinski definition) is 8. The fourth-order valence-corrected chi connectivity index (χ4v) is 3.37. The molecule has 1 aliphatic rings. The molecule has 1 saturated heterocycles. The first-order valence-corrected chi connectivity index (χ1v) is 9.80. The molecule has 168 valence electrons. The average Bonchev–Trinajstić information content (AvgIpc) is 3.55. The Hall–Kier alpha value is -2.65. The van der Waals surface area contributed by atoms with Crippen molar-refractivity contribution < 1.29 is 38.0 Å². The van der Waals surface area contributed by atoms with Crippen LogP contribution in [0.1, 0.15) is 33.2 Å². The third-order valence-corrected chi connectivity index (χ3v) is 4.73. The van der Waals surface area contributed by atoms with E-state index in [0.717, 1.165) is 16.7 Å². The summed E-state index contributed by atoms with van der Waals surface area (Å²) in [5.74, 6) is 1.35. The highest BCUT2D eigenvalue weighted by Crippen LogP contribution is 2.44. The fourth-order valence-electron chi connectivity index (χ4n) is 3.37. The Balaban J connectivity index is 1.81. The number of carbonyl (C=O) groups excluding carboxylic acids is 1. The molecule has 0 aliphatic carbocycles. The molecular formula is C23H28O8. The van der Waals surface area contributed by atoms with Gasteiger partial charge < -0.3 is 33.2 Å². The van der Waals surface area contributed by atoms with E-state index in [0.29, 0.717) is 22.8 Å². The summed E-state index contributed by atoms with van der Waals surface area (Å²) in [6.07, 6.45) is -0.989. The van der Waals surface area contributed by atoms with Crippen LogP contribution in [0.3, 0.4) is 0 Å². The van der Waals surface area contributed by atoms with Crippen molar-refractivity contribution in [1.29, 1.82) is 0 Å². The van der Waals surface area contributed by atoms with E-state index in [1.54, 1.807) is 12.1 Å². The van der Waals surface area contributed by atoms with Gasteiger partial charge >= 0.3 is 0 Å². The molecule has 8 nitrogen and oxygen atoms in total. The smallest absolute Gasteiger partial charge is 0.198 e. The zero-order valence-electron chi connectivity index (χ0n) is 18.4. The number of aryl methyl sites for hydroxylation is 2. The van der Waals surface area contributed by atoms with Gasteiger partial charge in [-0.3, -0.25) is 4.79 Å². The minimum Gasteiger partial charge on any atom is -0.467 e. The first kappa shape index (κ1) is 23.0. The Bertz CT molecular complexity index is 911. The maximum Gasteiger partial charge on any atom is 0.198 e. The molecule has 1 fully saturated rings. The van der Waals surface area contributed by atoms with E-state index in [9.17, 15) is 4.79 Å². The lowest BCUT2D eigenvalue weighted by atomic mass is 9.96. The minimum absolute atomic E-state index is 0.0568. The van der Waals surface area contributed by atoms with Crippen LogP contribution in [-0.4, -0.2) is 53.6 Å².